The molecule has 1 rings (SSSR count). The van der Waals surface area contributed by atoms with Crippen molar-refractivity contribution in [3.8, 4) is 0 Å². The molecule has 0 aliphatic rings. The van der Waals surface area contributed by atoms with Gasteiger partial charge in [-0.15, -0.1) is 0 Å². The highest BCUT2D eigenvalue weighted by molar-refractivity contribution is 9.10. The molecule has 0 heterocycles. The van der Waals surface area contributed by atoms with Crippen LogP contribution in [0.4, 0.5) is 0 Å². The maximum Gasteiger partial charge on any atom is 0.0682 e. The van der Waals surface area contributed by atoms with Crippen LogP contribution in [-0.2, 0) is 19.7 Å². The Hall–Kier alpha value is -0.420. The highest BCUT2D eigenvalue weighted by atomic mass is 79.9. The summed E-state index contributed by atoms with van der Waals surface area (Å²) in [7, 11) is 8.18. The molecule has 0 unspecified atom stereocenters. The maximum absolute atomic E-state index is 9.30. The van der Waals surface area contributed by atoms with Crippen LogP contribution in [0.2, 0.25) is 0 Å². The minimum Gasteiger partial charge on any atom is -0.392 e. The molecule has 0 aliphatic heterocycles. The van der Waals surface area contributed by atoms with Crippen LogP contribution in [0, 0.1) is 0 Å². The van der Waals surface area contributed by atoms with E-state index >= 15 is 0 Å². The van der Waals surface area contributed by atoms with Crippen LogP contribution in [0.5, 0.6) is 0 Å². The summed E-state index contributed by atoms with van der Waals surface area (Å²) in [5.41, 5.74) is 3.42. The lowest BCUT2D eigenvalue weighted by Gasteiger charge is -2.18. The first-order valence-corrected chi connectivity index (χ1v) is 6.43. The molecule has 3 nitrogen and oxygen atoms in total. The quantitative estimate of drug-likeness (QED) is 0.902. The first-order valence-electron chi connectivity index (χ1n) is 5.64. The van der Waals surface area contributed by atoms with Gasteiger partial charge in [0, 0.05) is 17.6 Å². The molecular weight excluding hydrogens is 280 g/mol. The van der Waals surface area contributed by atoms with Crippen LogP contribution in [0.1, 0.15) is 16.7 Å². The third kappa shape index (κ3) is 4.39. The van der Waals surface area contributed by atoms with Gasteiger partial charge in [-0.1, -0.05) is 28.1 Å². The molecule has 1 N–H and O–H groups in total. The molecule has 0 aromatic heterocycles. The van der Waals surface area contributed by atoms with Gasteiger partial charge < -0.3 is 14.9 Å². The minimum absolute atomic E-state index is 0.0914. The molecule has 0 atom stereocenters. The van der Waals surface area contributed by atoms with Crippen molar-refractivity contribution in [2.24, 2.45) is 0 Å². The Balaban J connectivity index is 3.11. The molecule has 0 aliphatic carbocycles. The number of benzene rings is 1. The van der Waals surface area contributed by atoms with E-state index in [1.807, 2.05) is 28.2 Å². The number of aliphatic hydroxyl groups is 1. The van der Waals surface area contributed by atoms with Crippen molar-refractivity contribution in [3.63, 3.8) is 0 Å². The van der Waals surface area contributed by atoms with Crippen molar-refractivity contribution in [3.05, 3.63) is 33.3 Å². The highest BCUT2D eigenvalue weighted by Crippen LogP contribution is 2.26. The molecule has 0 saturated carbocycles. The first-order chi connectivity index (χ1) is 7.93. The molecule has 0 amide bonds. The second-order valence-corrected chi connectivity index (χ2v) is 5.65. The van der Waals surface area contributed by atoms with E-state index in [1.54, 1.807) is 0 Å². The average molecular weight is 301 g/mol. The fourth-order valence-corrected chi connectivity index (χ4v) is 2.30. The zero-order chi connectivity index (χ0) is 13.0. The summed E-state index contributed by atoms with van der Waals surface area (Å²) in [5, 5.41) is 9.30. The summed E-state index contributed by atoms with van der Waals surface area (Å²) < 4.78 is 1.15. The number of hydrogen-bond acceptors (Lipinski definition) is 3. The Morgan fingerprint density at radius 2 is 1.41 bits per heavy atom. The van der Waals surface area contributed by atoms with Crippen LogP contribution in [-0.4, -0.2) is 43.1 Å². The number of aliphatic hydroxyl groups excluding tert-OH is 1. The zero-order valence-electron chi connectivity index (χ0n) is 11.0. The molecule has 0 fully saturated rings. The van der Waals surface area contributed by atoms with Crippen molar-refractivity contribution < 1.29 is 5.11 Å². The van der Waals surface area contributed by atoms with E-state index in [0.29, 0.717) is 0 Å². The molecular formula is C13H21BrN2O. The fraction of sp³-hybridized carbons (Fsp3) is 0.538. The molecule has 0 spiro atoms. The molecule has 0 saturated heterocycles. The predicted molar refractivity (Wildman–Crippen MR) is 74.8 cm³/mol. The second-order valence-electron chi connectivity index (χ2n) is 4.86. The van der Waals surface area contributed by atoms with E-state index < -0.39 is 0 Å². The van der Waals surface area contributed by atoms with Crippen LogP contribution in [0.25, 0.3) is 0 Å². The Morgan fingerprint density at radius 1 is 1.00 bits per heavy atom. The lowest BCUT2D eigenvalue weighted by Crippen LogP contribution is -2.15. The Bertz CT molecular complexity index is 347. The standard InChI is InChI=1S/C13H21BrN2O/c1-15(2)7-11-5-10(9-17)6-12(13(11)14)8-16(3)4/h5-6,17H,7-9H2,1-4H3. The maximum atomic E-state index is 9.30. The normalized spacial score (nSPS) is 11.5. The van der Waals surface area contributed by atoms with Crippen molar-refractivity contribution in [1.82, 2.24) is 9.80 Å². The van der Waals surface area contributed by atoms with E-state index in [1.165, 1.54) is 11.1 Å². The molecule has 1 aromatic rings. The van der Waals surface area contributed by atoms with Crippen molar-refractivity contribution in [2.75, 3.05) is 28.2 Å². The van der Waals surface area contributed by atoms with Crippen molar-refractivity contribution in [1.29, 1.82) is 0 Å². The number of halogens is 1. The molecule has 96 valence electrons. The van der Waals surface area contributed by atoms with Gasteiger partial charge >= 0.3 is 0 Å². The summed E-state index contributed by atoms with van der Waals surface area (Å²) in [4.78, 5) is 4.25. The monoisotopic (exact) mass is 300 g/mol. The number of hydrogen-bond donors (Lipinski definition) is 1. The summed E-state index contributed by atoms with van der Waals surface area (Å²) in [6.07, 6.45) is 0. The van der Waals surface area contributed by atoms with E-state index in [-0.39, 0.29) is 6.61 Å². The number of nitrogens with zero attached hydrogens (tertiary/aromatic N) is 2. The van der Waals surface area contributed by atoms with Gasteiger partial charge in [0.15, 0.2) is 0 Å². The predicted octanol–water partition coefficient (Wildman–Crippen LogP) is 2.06. The Labute approximate surface area is 112 Å². The van der Waals surface area contributed by atoms with Gasteiger partial charge in [0.05, 0.1) is 6.61 Å². The van der Waals surface area contributed by atoms with Gasteiger partial charge in [0.2, 0.25) is 0 Å². The average Bonchev–Trinajstić information content (AvgIpc) is 2.22. The molecule has 1 aromatic carbocycles. The van der Waals surface area contributed by atoms with E-state index in [0.717, 1.165) is 23.1 Å². The summed E-state index contributed by atoms with van der Waals surface area (Å²) in [6.45, 7) is 1.83. The minimum atomic E-state index is 0.0914. The number of rotatable bonds is 5. The van der Waals surface area contributed by atoms with Crippen LogP contribution in [0.3, 0.4) is 0 Å². The van der Waals surface area contributed by atoms with E-state index in [9.17, 15) is 5.11 Å². The lowest BCUT2D eigenvalue weighted by atomic mass is 10.1. The largest absolute Gasteiger partial charge is 0.392 e. The highest BCUT2D eigenvalue weighted by Gasteiger charge is 2.10. The molecule has 4 heteroatoms. The lowest BCUT2D eigenvalue weighted by molar-refractivity contribution is 0.281. The third-order valence-corrected chi connectivity index (χ3v) is 3.46. The summed E-state index contributed by atoms with van der Waals surface area (Å²) in [6, 6.07) is 4.12. The van der Waals surface area contributed by atoms with Gasteiger partial charge in [-0.3, -0.25) is 0 Å². The van der Waals surface area contributed by atoms with Crippen molar-refractivity contribution >= 4 is 15.9 Å². The van der Waals surface area contributed by atoms with E-state index in [2.05, 4.69) is 37.9 Å². The Kier molecular flexibility index (Phi) is 5.59. The van der Waals surface area contributed by atoms with Gasteiger partial charge in [-0.2, -0.15) is 0 Å². The molecule has 0 radical (unpaired) electrons. The third-order valence-electron chi connectivity index (χ3n) is 2.44. The van der Waals surface area contributed by atoms with Crippen LogP contribution >= 0.6 is 15.9 Å². The van der Waals surface area contributed by atoms with Crippen LogP contribution < -0.4 is 0 Å². The topological polar surface area (TPSA) is 26.7 Å². The summed E-state index contributed by atoms with van der Waals surface area (Å²) in [5.74, 6) is 0. The molecule has 0 bridgehead atoms. The zero-order valence-corrected chi connectivity index (χ0v) is 12.6. The van der Waals surface area contributed by atoms with Gasteiger partial charge in [0.25, 0.3) is 0 Å². The van der Waals surface area contributed by atoms with Gasteiger partial charge in [-0.25, -0.2) is 0 Å². The van der Waals surface area contributed by atoms with E-state index in [4.69, 9.17) is 0 Å². The fourth-order valence-electron chi connectivity index (χ4n) is 1.82. The molecule has 17 heavy (non-hydrogen) atoms. The van der Waals surface area contributed by atoms with Gasteiger partial charge in [0.1, 0.15) is 0 Å². The SMILES string of the molecule is CN(C)Cc1cc(CO)cc(CN(C)C)c1Br. The van der Waals surface area contributed by atoms with Crippen LogP contribution in [0.15, 0.2) is 16.6 Å². The summed E-state index contributed by atoms with van der Waals surface area (Å²) >= 11 is 3.67. The first kappa shape index (κ1) is 14.6. The second kappa shape index (κ2) is 6.50. The smallest absolute Gasteiger partial charge is 0.0682 e. The van der Waals surface area contributed by atoms with Crippen molar-refractivity contribution in [2.45, 2.75) is 19.7 Å². The Morgan fingerprint density at radius 3 is 1.71 bits per heavy atom. The van der Waals surface area contributed by atoms with Gasteiger partial charge in [-0.05, 0) is 44.9 Å².